The van der Waals surface area contributed by atoms with Gasteiger partial charge >= 0.3 is 0 Å². The number of hydrogen-bond donors (Lipinski definition) is 0. The van der Waals surface area contributed by atoms with Gasteiger partial charge in [0.05, 0.1) is 16.7 Å². The average Bonchev–Trinajstić information content (AvgIpc) is 2.53. The fraction of sp³-hybridized carbons (Fsp3) is 0.118. The second-order valence-electron chi connectivity index (χ2n) is 4.85. The largest absolute Gasteiger partial charge is 0.310 e. The molecular weight excluding hydrogens is 262 g/mol. The van der Waals surface area contributed by atoms with Crippen LogP contribution in [0.25, 0.3) is 11.0 Å². The van der Waals surface area contributed by atoms with E-state index in [1.54, 1.807) is 11.9 Å². The van der Waals surface area contributed by atoms with Crippen molar-refractivity contribution in [3.05, 3.63) is 66.0 Å². The first-order chi connectivity index (χ1) is 10.2. The van der Waals surface area contributed by atoms with E-state index in [0.717, 1.165) is 16.7 Å². The van der Waals surface area contributed by atoms with E-state index in [-0.39, 0.29) is 5.91 Å². The zero-order valence-corrected chi connectivity index (χ0v) is 11.9. The van der Waals surface area contributed by atoms with Crippen LogP contribution in [0.5, 0.6) is 0 Å². The van der Waals surface area contributed by atoms with Gasteiger partial charge in [0, 0.05) is 12.7 Å². The first-order valence-corrected chi connectivity index (χ1v) is 6.73. The van der Waals surface area contributed by atoms with Crippen LogP contribution < -0.4 is 4.90 Å². The standard InChI is InChI=1S/C17H15N3O/c1-12-16(19-15-11-7-6-10-14(15)18-12)17(21)20(2)13-8-4-3-5-9-13/h3-11H,1-2H3. The van der Waals surface area contributed by atoms with Crippen LogP contribution in [0.4, 0.5) is 5.69 Å². The van der Waals surface area contributed by atoms with Crippen LogP contribution in [0.15, 0.2) is 54.6 Å². The number of hydrogen-bond acceptors (Lipinski definition) is 3. The molecule has 0 bridgehead atoms. The molecule has 0 atom stereocenters. The third-order valence-corrected chi connectivity index (χ3v) is 3.40. The highest BCUT2D eigenvalue weighted by Gasteiger charge is 2.18. The molecule has 1 amide bonds. The van der Waals surface area contributed by atoms with Crippen molar-refractivity contribution >= 4 is 22.6 Å². The van der Waals surface area contributed by atoms with Crippen molar-refractivity contribution in [1.29, 1.82) is 0 Å². The molecule has 0 aliphatic carbocycles. The Labute approximate surface area is 123 Å². The van der Waals surface area contributed by atoms with Crippen LogP contribution in [0.2, 0.25) is 0 Å². The van der Waals surface area contributed by atoms with Crippen molar-refractivity contribution in [2.75, 3.05) is 11.9 Å². The summed E-state index contributed by atoms with van der Waals surface area (Å²) in [5.74, 6) is -0.156. The number of aromatic nitrogens is 2. The van der Waals surface area contributed by atoms with Gasteiger partial charge in [-0.1, -0.05) is 30.3 Å². The molecular formula is C17H15N3O. The molecule has 1 heterocycles. The number of fused-ring (bicyclic) bond motifs is 1. The molecule has 3 aromatic rings. The van der Waals surface area contributed by atoms with E-state index in [4.69, 9.17) is 0 Å². The Morgan fingerprint density at radius 1 is 0.905 bits per heavy atom. The summed E-state index contributed by atoms with van der Waals surface area (Å²) < 4.78 is 0. The monoisotopic (exact) mass is 277 g/mol. The fourth-order valence-electron chi connectivity index (χ4n) is 2.22. The maximum atomic E-state index is 12.6. The van der Waals surface area contributed by atoms with Crippen LogP contribution in [0, 0.1) is 6.92 Å². The van der Waals surface area contributed by atoms with Crippen molar-refractivity contribution in [3.8, 4) is 0 Å². The lowest BCUT2D eigenvalue weighted by molar-refractivity contribution is 0.0987. The number of amides is 1. The summed E-state index contributed by atoms with van der Waals surface area (Å²) in [6, 6.07) is 17.1. The lowest BCUT2D eigenvalue weighted by Gasteiger charge is -2.17. The maximum Gasteiger partial charge on any atom is 0.278 e. The number of anilines is 1. The van der Waals surface area contributed by atoms with Crippen molar-refractivity contribution in [2.45, 2.75) is 6.92 Å². The molecule has 0 aliphatic heterocycles. The number of carbonyl (C=O) groups is 1. The number of para-hydroxylation sites is 3. The molecule has 2 aromatic carbocycles. The molecule has 3 rings (SSSR count). The van der Waals surface area contributed by atoms with Crippen molar-refractivity contribution in [1.82, 2.24) is 9.97 Å². The van der Waals surface area contributed by atoms with Gasteiger partial charge in [0.1, 0.15) is 0 Å². The lowest BCUT2D eigenvalue weighted by Crippen LogP contribution is -2.28. The van der Waals surface area contributed by atoms with Gasteiger partial charge in [0.25, 0.3) is 5.91 Å². The number of aryl methyl sites for hydroxylation is 1. The van der Waals surface area contributed by atoms with Gasteiger partial charge in [-0.05, 0) is 31.2 Å². The normalized spacial score (nSPS) is 10.6. The van der Waals surface area contributed by atoms with E-state index < -0.39 is 0 Å². The SMILES string of the molecule is Cc1nc2ccccc2nc1C(=O)N(C)c1ccccc1. The van der Waals surface area contributed by atoms with Gasteiger partial charge in [0.2, 0.25) is 0 Å². The summed E-state index contributed by atoms with van der Waals surface area (Å²) in [6.07, 6.45) is 0. The molecule has 0 fully saturated rings. The molecule has 4 heteroatoms. The van der Waals surface area contributed by atoms with E-state index in [2.05, 4.69) is 9.97 Å². The second kappa shape index (κ2) is 5.32. The molecule has 104 valence electrons. The van der Waals surface area contributed by atoms with E-state index in [9.17, 15) is 4.79 Å². The Bertz CT molecular complexity index is 799. The summed E-state index contributed by atoms with van der Waals surface area (Å²) in [5.41, 5.74) is 3.39. The molecule has 0 N–H and O–H groups in total. The van der Waals surface area contributed by atoms with E-state index in [1.807, 2.05) is 61.5 Å². The van der Waals surface area contributed by atoms with Gasteiger partial charge in [-0.15, -0.1) is 0 Å². The molecule has 0 saturated carbocycles. The molecule has 0 unspecified atom stereocenters. The zero-order valence-electron chi connectivity index (χ0n) is 11.9. The average molecular weight is 277 g/mol. The first kappa shape index (κ1) is 13.2. The minimum Gasteiger partial charge on any atom is -0.310 e. The smallest absolute Gasteiger partial charge is 0.278 e. The van der Waals surface area contributed by atoms with Gasteiger partial charge < -0.3 is 4.90 Å². The minimum absolute atomic E-state index is 0.156. The summed E-state index contributed by atoms with van der Waals surface area (Å²) in [6.45, 7) is 1.81. The molecule has 21 heavy (non-hydrogen) atoms. The summed E-state index contributed by atoms with van der Waals surface area (Å²) in [7, 11) is 1.74. The molecule has 1 aromatic heterocycles. The van der Waals surface area contributed by atoms with Gasteiger partial charge in [-0.25, -0.2) is 9.97 Å². The zero-order chi connectivity index (χ0) is 14.8. The molecule has 0 aliphatic rings. The molecule has 4 nitrogen and oxygen atoms in total. The maximum absolute atomic E-state index is 12.6. The molecule has 0 radical (unpaired) electrons. The van der Waals surface area contributed by atoms with Crippen LogP contribution in [0.1, 0.15) is 16.2 Å². The third-order valence-electron chi connectivity index (χ3n) is 3.40. The second-order valence-corrected chi connectivity index (χ2v) is 4.85. The highest BCUT2D eigenvalue weighted by atomic mass is 16.2. The Hall–Kier alpha value is -2.75. The third kappa shape index (κ3) is 2.48. The van der Waals surface area contributed by atoms with Gasteiger partial charge in [-0.2, -0.15) is 0 Å². The van der Waals surface area contributed by atoms with Crippen molar-refractivity contribution in [3.63, 3.8) is 0 Å². The summed E-state index contributed by atoms with van der Waals surface area (Å²) in [5, 5.41) is 0. The number of rotatable bonds is 2. The Kier molecular flexibility index (Phi) is 3.36. The number of nitrogens with zero attached hydrogens (tertiary/aromatic N) is 3. The fourth-order valence-corrected chi connectivity index (χ4v) is 2.22. The topological polar surface area (TPSA) is 46.1 Å². The highest BCUT2D eigenvalue weighted by molar-refractivity contribution is 6.05. The Morgan fingerprint density at radius 2 is 1.48 bits per heavy atom. The van der Waals surface area contributed by atoms with E-state index >= 15 is 0 Å². The van der Waals surface area contributed by atoms with Gasteiger partial charge in [-0.3, -0.25) is 4.79 Å². The quantitative estimate of drug-likeness (QED) is 0.722. The van der Waals surface area contributed by atoms with Crippen molar-refractivity contribution in [2.24, 2.45) is 0 Å². The Morgan fingerprint density at radius 3 is 2.14 bits per heavy atom. The van der Waals surface area contributed by atoms with Crippen LogP contribution in [-0.4, -0.2) is 22.9 Å². The number of benzene rings is 2. The molecule has 0 saturated heterocycles. The Balaban J connectivity index is 2.03. The van der Waals surface area contributed by atoms with Crippen LogP contribution >= 0.6 is 0 Å². The van der Waals surface area contributed by atoms with E-state index in [0.29, 0.717) is 11.4 Å². The predicted molar refractivity (Wildman–Crippen MR) is 83.5 cm³/mol. The minimum atomic E-state index is -0.156. The predicted octanol–water partition coefficient (Wildman–Crippen LogP) is 3.21. The number of carbonyl (C=O) groups excluding carboxylic acids is 1. The van der Waals surface area contributed by atoms with Crippen molar-refractivity contribution < 1.29 is 4.79 Å². The van der Waals surface area contributed by atoms with E-state index in [1.165, 1.54) is 0 Å². The first-order valence-electron chi connectivity index (χ1n) is 6.73. The van der Waals surface area contributed by atoms with Gasteiger partial charge in [0.15, 0.2) is 5.69 Å². The highest BCUT2D eigenvalue weighted by Crippen LogP contribution is 2.17. The van der Waals surface area contributed by atoms with Crippen LogP contribution in [0.3, 0.4) is 0 Å². The molecule has 0 spiro atoms. The lowest BCUT2D eigenvalue weighted by atomic mass is 10.2. The summed E-state index contributed by atoms with van der Waals surface area (Å²) >= 11 is 0. The van der Waals surface area contributed by atoms with Crippen LogP contribution in [-0.2, 0) is 0 Å². The summed E-state index contributed by atoms with van der Waals surface area (Å²) in [4.78, 5) is 23.2.